The van der Waals surface area contributed by atoms with E-state index >= 15 is 0 Å². The van der Waals surface area contributed by atoms with Gasteiger partial charge in [0, 0.05) is 19.4 Å². The number of allylic oxidation sites excluding steroid dienone is 10. The maximum Gasteiger partial charge on any atom is 0.306 e. The quantitative estimate of drug-likeness (QED) is 0.0347. The lowest BCUT2D eigenvalue weighted by molar-refractivity contribution is -0.163. The van der Waals surface area contributed by atoms with Crippen LogP contribution in [-0.2, 0) is 23.8 Å². The van der Waals surface area contributed by atoms with Gasteiger partial charge in [-0.2, -0.15) is 0 Å². The Morgan fingerprint density at radius 3 is 1.22 bits per heavy atom. The van der Waals surface area contributed by atoms with Crippen LogP contribution in [0.3, 0.4) is 0 Å². The van der Waals surface area contributed by atoms with E-state index in [4.69, 9.17) is 14.2 Å². The van der Waals surface area contributed by atoms with Crippen LogP contribution in [-0.4, -0.2) is 37.9 Å². The molecule has 0 rings (SSSR count). The first-order valence-corrected chi connectivity index (χ1v) is 25.8. The summed E-state index contributed by atoms with van der Waals surface area (Å²) in [6, 6.07) is 0. The molecule has 0 aromatic rings. The van der Waals surface area contributed by atoms with Crippen molar-refractivity contribution in [2.75, 3.05) is 19.8 Å². The van der Waals surface area contributed by atoms with Crippen LogP contribution in [0.4, 0.5) is 0 Å². The van der Waals surface area contributed by atoms with E-state index in [0.717, 1.165) is 77.0 Å². The highest BCUT2D eigenvalue weighted by molar-refractivity contribution is 5.70. The molecule has 1 atom stereocenters. The maximum atomic E-state index is 12.8. The van der Waals surface area contributed by atoms with E-state index in [2.05, 4.69) is 81.5 Å². The molecule has 0 saturated carbocycles. The molecule has 0 aliphatic carbocycles. The van der Waals surface area contributed by atoms with Crippen LogP contribution in [0.5, 0.6) is 0 Å². The van der Waals surface area contributed by atoms with E-state index in [1.165, 1.54) is 141 Å². The second kappa shape index (κ2) is 51.0. The average Bonchev–Trinajstić information content (AvgIpc) is 3.25. The van der Waals surface area contributed by atoms with Crippen molar-refractivity contribution >= 4 is 11.9 Å². The van der Waals surface area contributed by atoms with Gasteiger partial charge in [-0.25, -0.2) is 0 Å². The second-order valence-corrected chi connectivity index (χ2v) is 17.1. The highest BCUT2D eigenvalue weighted by Crippen LogP contribution is 2.13. The maximum absolute atomic E-state index is 12.8. The average molecular weight is 839 g/mol. The SMILES string of the molecule is CCCC/C=C\CCCCCCCCOCC(COC(=O)CCCCCCCC/C=C\C/C=C\C/C=C\CCCCC)OC(=O)CCCCCCC/C=C\CCCCCC. The molecule has 0 aliphatic rings. The number of esters is 2. The minimum atomic E-state index is -0.548. The Morgan fingerprint density at radius 2 is 0.717 bits per heavy atom. The molecule has 0 bridgehead atoms. The van der Waals surface area contributed by atoms with Gasteiger partial charge in [0.2, 0.25) is 0 Å². The number of rotatable bonds is 47. The zero-order chi connectivity index (χ0) is 43.5. The number of carbonyl (C=O) groups excluding carboxylic acids is 2. The Hall–Kier alpha value is -2.40. The van der Waals surface area contributed by atoms with Crippen LogP contribution in [0.1, 0.15) is 252 Å². The third-order valence-corrected chi connectivity index (χ3v) is 11.0. The summed E-state index contributed by atoms with van der Waals surface area (Å²) in [6.07, 6.45) is 63.6. The molecule has 0 aromatic heterocycles. The van der Waals surface area contributed by atoms with E-state index in [1.54, 1.807) is 0 Å². The van der Waals surface area contributed by atoms with E-state index in [9.17, 15) is 9.59 Å². The van der Waals surface area contributed by atoms with Gasteiger partial charge in [0.15, 0.2) is 6.10 Å². The molecule has 348 valence electrons. The highest BCUT2D eigenvalue weighted by atomic mass is 16.6. The van der Waals surface area contributed by atoms with Crippen LogP contribution in [0.25, 0.3) is 0 Å². The number of hydrogen-bond donors (Lipinski definition) is 0. The van der Waals surface area contributed by atoms with Gasteiger partial charge < -0.3 is 14.2 Å². The van der Waals surface area contributed by atoms with Crippen molar-refractivity contribution in [1.29, 1.82) is 0 Å². The summed E-state index contributed by atoms with van der Waals surface area (Å²) in [5, 5.41) is 0. The molecule has 5 nitrogen and oxygen atoms in total. The molecule has 0 radical (unpaired) electrons. The van der Waals surface area contributed by atoms with Crippen molar-refractivity contribution in [1.82, 2.24) is 0 Å². The topological polar surface area (TPSA) is 61.8 Å². The predicted octanol–water partition coefficient (Wildman–Crippen LogP) is 17.3. The summed E-state index contributed by atoms with van der Waals surface area (Å²) in [5.41, 5.74) is 0. The fourth-order valence-corrected chi connectivity index (χ4v) is 7.08. The first kappa shape index (κ1) is 57.6. The zero-order valence-corrected chi connectivity index (χ0v) is 40.0. The molecule has 0 fully saturated rings. The van der Waals surface area contributed by atoms with Crippen LogP contribution in [0.2, 0.25) is 0 Å². The minimum absolute atomic E-state index is 0.0725. The molecule has 0 spiro atoms. The summed E-state index contributed by atoms with van der Waals surface area (Å²) in [6.45, 7) is 7.73. The van der Waals surface area contributed by atoms with Crippen molar-refractivity contribution in [2.45, 2.75) is 258 Å². The van der Waals surface area contributed by atoms with Crippen molar-refractivity contribution in [3.63, 3.8) is 0 Å². The van der Waals surface area contributed by atoms with Crippen molar-refractivity contribution in [3.8, 4) is 0 Å². The Balaban J connectivity index is 4.27. The van der Waals surface area contributed by atoms with E-state index in [-0.39, 0.29) is 25.2 Å². The van der Waals surface area contributed by atoms with E-state index in [1.807, 2.05) is 0 Å². The van der Waals surface area contributed by atoms with Crippen LogP contribution >= 0.6 is 0 Å². The van der Waals surface area contributed by atoms with Gasteiger partial charge in [0.05, 0.1) is 6.61 Å². The summed E-state index contributed by atoms with van der Waals surface area (Å²) in [5.74, 6) is -0.421. The smallest absolute Gasteiger partial charge is 0.306 e. The van der Waals surface area contributed by atoms with Gasteiger partial charge in [-0.1, -0.05) is 197 Å². The fraction of sp³-hybridized carbons (Fsp3) is 0.782. The molecule has 60 heavy (non-hydrogen) atoms. The Bertz CT molecular complexity index is 1040. The number of carbonyl (C=O) groups is 2. The molecular weight excluding hydrogens is 741 g/mol. The first-order chi connectivity index (χ1) is 29.6. The van der Waals surface area contributed by atoms with Crippen LogP contribution < -0.4 is 0 Å². The molecule has 0 heterocycles. The standard InChI is InChI=1S/C55H98O5/c1-4-7-10-13-16-19-22-25-26-27-28-29-30-32-33-36-39-42-45-48-54(56)59-52-53(51-58-50-47-44-41-38-35-24-21-18-15-12-9-6-3)60-55(57)49-46-43-40-37-34-31-23-20-17-14-11-8-5-2/h15-16,18-20,23,25-26,28-29,53H,4-14,17,21-22,24,27,30-52H2,1-3H3/b18-15-,19-16-,23-20-,26-25-,29-28-. The van der Waals surface area contributed by atoms with Gasteiger partial charge in [-0.05, 0) is 103 Å². The summed E-state index contributed by atoms with van der Waals surface area (Å²) < 4.78 is 17.4. The van der Waals surface area contributed by atoms with E-state index in [0.29, 0.717) is 19.4 Å². The van der Waals surface area contributed by atoms with Crippen molar-refractivity contribution in [2.24, 2.45) is 0 Å². The van der Waals surface area contributed by atoms with Gasteiger partial charge in [0.1, 0.15) is 6.61 Å². The lowest BCUT2D eigenvalue weighted by Gasteiger charge is -2.18. The summed E-state index contributed by atoms with van der Waals surface area (Å²) in [4.78, 5) is 25.4. The summed E-state index contributed by atoms with van der Waals surface area (Å²) in [7, 11) is 0. The molecule has 5 heteroatoms. The molecule has 0 saturated heterocycles. The molecule has 0 aromatic carbocycles. The summed E-state index contributed by atoms with van der Waals surface area (Å²) >= 11 is 0. The lowest BCUT2D eigenvalue weighted by Crippen LogP contribution is -2.30. The monoisotopic (exact) mass is 839 g/mol. The van der Waals surface area contributed by atoms with Crippen LogP contribution in [0, 0.1) is 0 Å². The van der Waals surface area contributed by atoms with Gasteiger partial charge in [-0.15, -0.1) is 0 Å². The zero-order valence-electron chi connectivity index (χ0n) is 40.0. The molecule has 0 N–H and O–H groups in total. The predicted molar refractivity (Wildman–Crippen MR) is 261 cm³/mol. The second-order valence-electron chi connectivity index (χ2n) is 17.1. The third kappa shape index (κ3) is 48.3. The Kier molecular flexibility index (Phi) is 48.9. The van der Waals surface area contributed by atoms with Crippen molar-refractivity contribution < 1.29 is 23.8 Å². The lowest BCUT2D eigenvalue weighted by atomic mass is 10.1. The number of ether oxygens (including phenoxy) is 3. The highest BCUT2D eigenvalue weighted by Gasteiger charge is 2.17. The van der Waals surface area contributed by atoms with E-state index < -0.39 is 6.10 Å². The third-order valence-electron chi connectivity index (χ3n) is 11.0. The molecular formula is C55H98O5. The van der Waals surface area contributed by atoms with Gasteiger partial charge in [-0.3, -0.25) is 9.59 Å². The van der Waals surface area contributed by atoms with Crippen molar-refractivity contribution in [3.05, 3.63) is 60.8 Å². The van der Waals surface area contributed by atoms with Gasteiger partial charge >= 0.3 is 11.9 Å². The molecule has 1 unspecified atom stereocenters. The van der Waals surface area contributed by atoms with Gasteiger partial charge in [0.25, 0.3) is 0 Å². The fourth-order valence-electron chi connectivity index (χ4n) is 7.08. The number of hydrogen-bond acceptors (Lipinski definition) is 5. The molecule has 0 amide bonds. The Labute approximate surface area is 373 Å². The first-order valence-electron chi connectivity index (χ1n) is 25.8. The van der Waals surface area contributed by atoms with Crippen LogP contribution in [0.15, 0.2) is 60.8 Å². The largest absolute Gasteiger partial charge is 0.462 e. The minimum Gasteiger partial charge on any atom is -0.462 e. The normalized spacial score (nSPS) is 12.7. The number of unbranched alkanes of at least 4 members (excludes halogenated alkanes) is 26. The Morgan fingerprint density at radius 1 is 0.367 bits per heavy atom. The molecule has 0 aliphatic heterocycles.